The summed E-state index contributed by atoms with van der Waals surface area (Å²) >= 11 is 1.36. The van der Waals surface area contributed by atoms with Crippen molar-refractivity contribution in [3.63, 3.8) is 0 Å². The number of carbonyl (C=O) groups is 2. The van der Waals surface area contributed by atoms with Crippen molar-refractivity contribution in [3.05, 3.63) is 45.9 Å². The number of nitrogens with one attached hydrogen (secondary N) is 1. The summed E-state index contributed by atoms with van der Waals surface area (Å²) in [6.45, 7) is 5.54. The molecule has 0 unspecified atom stereocenters. The van der Waals surface area contributed by atoms with Crippen molar-refractivity contribution in [1.82, 2.24) is 9.88 Å². The summed E-state index contributed by atoms with van der Waals surface area (Å²) in [6, 6.07) is 6.85. The van der Waals surface area contributed by atoms with Crippen LogP contribution in [0, 0.1) is 0 Å². The molecule has 0 spiro atoms. The summed E-state index contributed by atoms with van der Waals surface area (Å²) in [5, 5.41) is 5.15. The topological polar surface area (TPSA) is 88.3 Å². The molecule has 3 N–H and O–H groups in total. The Morgan fingerprint density at radius 3 is 2.39 bits per heavy atom. The van der Waals surface area contributed by atoms with Crippen LogP contribution in [-0.2, 0) is 6.54 Å². The number of hydrogen-bond donors (Lipinski definition) is 2. The molecule has 122 valence electrons. The molecule has 0 atom stereocenters. The highest BCUT2D eigenvalue weighted by Gasteiger charge is 2.13. The SMILES string of the molecule is CCN(CC)C(=O)c1ccc(NC(=O)c2csc(CN)n2)cc1. The molecule has 2 aromatic rings. The number of thiazole rings is 1. The third kappa shape index (κ3) is 4.14. The zero-order valence-electron chi connectivity index (χ0n) is 13.2. The van der Waals surface area contributed by atoms with Crippen molar-refractivity contribution in [1.29, 1.82) is 0 Å². The average Bonchev–Trinajstić information content (AvgIpc) is 3.06. The van der Waals surface area contributed by atoms with Crippen molar-refractivity contribution in [3.8, 4) is 0 Å². The fourth-order valence-electron chi connectivity index (χ4n) is 2.09. The molecule has 0 fully saturated rings. The van der Waals surface area contributed by atoms with Crippen LogP contribution in [0.15, 0.2) is 29.6 Å². The molecule has 0 saturated heterocycles. The maximum absolute atomic E-state index is 12.2. The van der Waals surface area contributed by atoms with Gasteiger partial charge in [-0.3, -0.25) is 9.59 Å². The average molecular weight is 332 g/mol. The molecule has 0 aliphatic heterocycles. The van der Waals surface area contributed by atoms with E-state index in [1.165, 1.54) is 11.3 Å². The molecule has 2 amide bonds. The van der Waals surface area contributed by atoms with Gasteiger partial charge in [0.2, 0.25) is 0 Å². The molecule has 0 aliphatic carbocycles. The summed E-state index contributed by atoms with van der Waals surface area (Å²) in [7, 11) is 0. The Bertz CT molecular complexity index is 678. The minimum absolute atomic E-state index is 0.0139. The lowest BCUT2D eigenvalue weighted by Crippen LogP contribution is -2.30. The van der Waals surface area contributed by atoms with Crippen LogP contribution in [-0.4, -0.2) is 34.8 Å². The smallest absolute Gasteiger partial charge is 0.275 e. The Labute approximate surface area is 139 Å². The predicted molar refractivity (Wildman–Crippen MR) is 91.7 cm³/mol. The number of benzene rings is 1. The van der Waals surface area contributed by atoms with Gasteiger partial charge in [0.25, 0.3) is 11.8 Å². The fourth-order valence-corrected chi connectivity index (χ4v) is 2.75. The first-order valence-corrected chi connectivity index (χ1v) is 8.32. The van der Waals surface area contributed by atoms with Gasteiger partial charge in [-0.25, -0.2) is 4.98 Å². The molecular weight excluding hydrogens is 312 g/mol. The van der Waals surface area contributed by atoms with E-state index in [1.54, 1.807) is 34.5 Å². The number of aromatic nitrogens is 1. The molecule has 0 bridgehead atoms. The van der Waals surface area contributed by atoms with E-state index in [1.807, 2.05) is 13.8 Å². The van der Waals surface area contributed by atoms with Gasteiger partial charge < -0.3 is 16.0 Å². The Morgan fingerprint density at radius 2 is 1.87 bits per heavy atom. The largest absolute Gasteiger partial charge is 0.339 e. The molecule has 1 heterocycles. The lowest BCUT2D eigenvalue weighted by Gasteiger charge is -2.18. The number of anilines is 1. The normalized spacial score (nSPS) is 10.4. The van der Waals surface area contributed by atoms with Gasteiger partial charge in [-0.05, 0) is 38.1 Å². The fraction of sp³-hybridized carbons (Fsp3) is 0.312. The minimum atomic E-state index is -0.288. The van der Waals surface area contributed by atoms with Crippen LogP contribution in [0.4, 0.5) is 5.69 Å². The molecule has 2 rings (SSSR count). The summed E-state index contributed by atoms with van der Waals surface area (Å²) in [6.07, 6.45) is 0. The third-order valence-electron chi connectivity index (χ3n) is 3.40. The van der Waals surface area contributed by atoms with Crippen LogP contribution in [0.5, 0.6) is 0 Å². The first kappa shape index (κ1) is 17.1. The monoisotopic (exact) mass is 332 g/mol. The van der Waals surface area contributed by atoms with Crippen molar-refractivity contribution in [2.24, 2.45) is 5.73 Å². The molecule has 0 radical (unpaired) electrons. The molecule has 7 heteroatoms. The third-order valence-corrected chi connectivity index (χ3v) is 4.27. The molecule has 23 heavy (non-hydrogen) atoms. The zero-order chi connectivity index (χ0) is 16.8. The van der Waals surface area contributed by atoms with Crippen LogP contribution in [0.1, 0.15) is 39.7 Å². The van der Waals surface area contributed by atoms with Crippen molar-refractivity contribution >= 4 is 28.8 Å². The number of nitrogens with zero attached hydrogens (tertiary/aromatic N) is 2. The quantitative estimate of drug-likeness (QED) is 0.850. The number of amides is 2. The van der Waals surface area contributed by atoms with Gasteiger partial charge in [0, 0.05) is 36.3 Å². The second kappa shape index (κ2) is 7.85. The van der Waals surface area contributed by atoms with E-state index in [4.69, 9.17) is 5.73 Å². The van der Waals surface area contributed by atoms with Gasteiger partial charge in [-0.15, -0.1) is 11.3 Å². The van der Waals surface area contributed by atoms with Crippen LogP contribution in [0.3, 0.4) is 0 Å². The van der Waals surface area contributed by atoms with E-state index >= 15 is 0 Å². The Balaban J connectivity index is 2.05. The maximum atomic E-state index is 12.2. The van der Waals surface area contributed by atoms with Gasteiger partial charge >= 0.3 is 0 Å². The molecule has 0 aliphatic rings. The number of carbonyl (C=O) groups excluding carboxylic acids is 2. The molecular formula is C16H20N4O2S. The Kier molecular flexibility index (Phi) is 5.84. The van der Waals surface area contributed by atoms with E-state index in [0.717, 1.165) is 5.01 Å². The highest BCUT2D eigenvalue weighted by Crippen LogP contribution is 2.14. The highest BCUT2D eigenvalue weighted by molar-refractivity contribution is 7.09. The van der Waals surface area contributed by atoms with E-state index in [9.17, 15) is 9.59 Å². The van der Waals surface area contributed by atoms with E-state index < -0.39 is 0 Å². The molecule has 1 aromatic heterocycles. The van der Waals surface area contributed by atoms with E-state index in [2.05, 4.69) is 10.3 Å². The van der Waals surface area contributed by atoms with Crippen LogP contribution in [0.2, 0.25) is 0 Å². The summed E-state index contributed by atoms with van der Waals surface area (Å²) in [5.41, 5.74) is 7.06. The van der Waals surface area contributed by atoms with Gasteiger partial charge in [0.1, 0.15) is 10.7 Å². The minimum Gasteiger partial charge on any atom is -0.339 e. The van der Waals surface area contributed by atoms with E-state index in [0.29, 0.717) is 36.6 Å². The number of nitrogens with two attached hydrogens (primary N) is 1. The van der Waals surface area contributed by atoms with Gasteiger partial charge in [0.05, 0.1) is 0 Å². The zero-order valence-corrected chi connectivity index (χ0v) is 14.0. The van der Waals surface area contributed by atoms with Crippen molar-refractivity contribution < 1.29 is 9.59 Å². The van der Waals surface area contributed by atoms with Gasteiger partial charge in [-0.1, -0.05) is 0 Å². The summed E-state index contributed by atoms with van der Waals surface area (Å²) in [4.78, 5) is 30.2. The van der Waals surface area contributed by atoms with Crippen LogP contribution < -0.4 is 11.1 Å². The van der Waals surface area contributed by atoms with Crippen molar-refractivity contribution in [2.75, 3.05) is 18.4 Å². The lowest BCUT2D eigenvalue weighted by atomic mass is 10.1. The van der Waals surface area contributed by atoms with Crippen molar-refractivity contribution in [2.45, 2.75) is 20.4 Å². The predicted octanol–water partition coefficient (Wildman–Crippen LogP) is 2.34. The number of hydrogen-bond acceptors (Lipinski definition) is 5. The Hall–Kier alpha value is -2.25. The van der Waals surface area contributed by atoms with Crippen LogP contribution >= 0.6 is 11.3 Å². The summed E-state index contributed by atoms with van der Waals surface area (Å²) in [5.74, 6) is -0.302. The molecule has 1 aromatic carbocycles. The number of rotatable bonds is 6. The van der Waals surface area contributed by atoms with E-state index in [-0.39, 0.29) is 11.8 Å². The standard InChI is InChI=1S/C16H20N4O2S/c1-3-20(4-2)16(22)11-5-7-12(8-6-11)18-15(21)13-10-23-14(9-17)19-13/h5-8,10H,3-4,9,17H2,1-2H3,(H,18,21). The molecule has 6 nitrogen and oxygen atoms in total. The van der Waals surface area contributed by atoms with Gasteiger partial charge in [-0.2, -0.15) is 0 Å². The lowest BCUT2D eigenvalue weighted by molar-refractivity contribution is 0.0773. The summed E-state index contributed by atoms with van der Waals surface area (Å²) < 4.78 is 0. The first-order chi connectivity index (χ1) is 11.1. The molecule has 0 saturated carbocycles. The van der Waals surface area contributed by atoms with Crippen LogP contribution in [0.25, 0.3) is 0 Å². The second-order valence-electron chi connectivity index (χ2n) is 4.84. The Morgan fingerprint density at radius 1 is 1.22 bits per heavy atom. The first-order valence-electron chi connectivity index (χ1n) is 7.44. The highest BCUT2D eigenvalue weighted by atomic mass is 32.1. The van der Waals surface area contributed by atoms with Gasteiger partial charge in [0.15, 0.2) is 0 Å². The maximum Gasteiger partial charge on any atom is 0.275 e. The second-order valence-corrected chi connectivity index (χ2v) is 5.78.